The van der Waals surface area contributed by atoms with Gasteiger partial charge in [0.05, 0.1) is 0 Å². The van der Waals surface area contributed by atoms with E-state index in [1.54, 1.807) is 0 Å². The van der Waals surface area contributed by atoms with Crippen LogP contribution >= 0.6 is 0 Å². The Balaban J connectivity index is 2.50. The van der Waals surface area contributed by atoms with Gasteiger partial charge >= 0.3 is 5.97 Å². The Hall–Kier alpha value is -1.14. The second kappa shape index (κ2) is 9.10. The van der Waals surface area contributed by atoms with E-state index < -0.39 is 5.60 Å². The van der Waals surface area contributed by atoms with Crippen molar-refractivity contribution in [2.45, 2.75) is 58.6 Å². The van der Waals surface area contributed by atoms with E-state index in [1.807, 2.05) is 20.8 Å². The fourth-order valence-corrected chi connectivity index (χ4v) is 2.54. The van der Waals surface area contributed by atoms with Crippen LogP contribution in [0, 0.1) is 0 Å². The smallest absolute Gasteiger partial charge is 0.323 e. The summed E-state index contributed by atoms with van der Waals surface area (Å²) in [5, 5.41) is 6.09. The predicted molar refractivity (Wildman–Crippen MR) is 86.6 cm³/mol. The first kappa shape index (κ1) is 18.9. The molecule has 128 valence electrons. The molecule has 1 heterocycles. The number of carbonyl (C=O) groups excluding carboxylic acids is 2. The predicted octanol–water partition coefficient (Wildman–Crippen LogP) is 0.908. The van der Waals surface area contributed by atoms with Crippen LogP contribution in [0.5, 0.6) is 0 Å². The lowest BCUT2D eigenvalue weighted by Crippen LogP contribution is -2.52. The number of nitrogens with one attached hydrogen (secondary N) is 2. The van der Waals surface area contributed by atoms with Crippen molar-refractivity contribution in [1.82, 2.24) is 15.5 Å². The fourth-order valence-electron chi connectivity index (χ4n) is 2.54. The van der Waals surface area contributed by atoms with Gasteiger partial charge in [0.2, 0.25) is 5.91 Å². The molecule has 0 aromatic carbocycles. The molecule has 0 aromatic heterocycles. The lowest BCUT2D eigenvalue weighted by molar-refractivity contribution is -0.162. The van der Waals surface area contributed by atoms with Crippen LogP contribution in [0.3, 0.4) is 0 Å². The van der Waals surface area contributed by atoms with Crippen LogP contribution in [-0.2, 0) is 14.3 Å². The summed E-state index contributed by atoms with van der Waals surface area (Å²) >= 11 is 0. The SMILES string of the molecule is CC(=O)NCCCCC(C(=O)OC(C)(C)C)N1CCNCC1. The molecule has 22 heavy (non-hydrogen) atoms. The molecule has 1 unspecified atom stereocenters. The van der Waals surface area contributed by atoms with Crippen LogP contribution in [0.1, 0.15) is 47.0 Å². The summed E-state index contributed by atoms with van der Waals surface area (Å²) in [6, 6.07) is -0.182. The molecule has 0 spiro atoms. The number of esters is 1. The average molecular weight is 313 g/mol. The van der Waals surface area contributed by atoms with Gasteiger partial charge in [0.1, 0.15) is 11.6 Å². The number of carbonyl (C=O) groups is 2. The fraction of sp³-hybridized carbons (Fsp3) is 0.875. The van der Waals surface area contributed by atoms with Gasteiger partial charge in [0.25, 0.3) is 0 Å². The highest BCUT2D eigenvalue weighted by Crippen LogP contribution is 2.16. The second-order valence-electron chi connectivity index (χ2n) is 6.81. The van der Waals surface area contributed by atoms with Crippen molar-refractivity contribution in [1.29, 1.82) is 0 Å². The van der Waals surface area contributed by atoms with E-state index in [2.05, 4.69) is 15.5 Å². The quantitative estimate of drug-likeness (QED) is 0.540. The summed E-state index contributed by atoms with van der Waals surface area (Å²) in [6.07, 6.45) is 2.55. The molecule has 1 saturated heterocycles. The molecule has 1 aliphatic rings. The lowest BCUT2D eigenvalue weighted by Gasteiger charge is -2.35. The number of nitrogens with zero attached hydrogens (tertiary/aromatic N) is 1. The standard InChI is InChI=1S/C16H31N3O3/c1-13(20)18-8-6-5-7-14(15(21)22-16(2,3)4)19-11-9-17-10-12-19/h14,17H,5-12H2,1-4H3,(H,18,20). The largest absolute Gasteiger partial charge is 0.459 e. The second-order valence-corrected chi connectivity index (χ2v) is 6.81. The van der Waals surface area contributed by atoms with Gasteiger partial charge in [-0.3, -0.25) is 14.5 Å². The van der Waals surface area contributed by atoms with Crippen molar-refractivity contribution in [2.24, 2.45) is 0 Å². The first-order valence-corrected chi connectivity index (χ1v) is 8.21. The molecular formula is C16H31N3O3. The minimum atomic E-state index is -0.459. The molecule has 1 fully saturated rings. The molecule has 1 rings (SSSR count). The number of hydrogen-bond acceptors (Lipinski definition) is 5. The summed E-state index contributed by atoms with van der Waals surface area (Å²) in [5.74, 6) is -0.139. The molecule has 1 amide bonds. The maximum Gasteiger partial charge on any atom is 0.323 e. The highest BCUT2D eigenvalue weighted by Gasteiger charge is 2.30. The van der Waals surface area contributed by atoms with Crippen molar-refractivity contribution in [3.8, 4) is 0 Å². The average Bonchev–Trinajstić information content (AvgIpc) is 2.41. The Morgan fingerprint density at radius 2 is 1.86 bits per heavy atom. The van der Waals surface area contributed by atoms with Crippen LogP contribution in [0.25, 0.3) is 0 Å². The van der Waals surface area contributed by atoms with Gasteiger partial charge in [-0.1, -0.05) is 0 Å². The van der Waals surface area contributed by atoms with Crippen molar-refractivity contribution in [3.05, 3.63) is 0 Å². The zero-order valence-corrected chi connectivity index (χ0v) is 14.4. The molecule has 0 saturated carbocycles. The van der Waals surface area contributed by atoms with Crippen LogP contribution in [0.2, 0.25) is 0 Å². The van der Waals surface area contributed by atoms with Gasteiger partial charge < -0.3 is 15.4 Å². The first-order valence-electron chi connectivity index (χ1n) is 8.21. The Morgan fingerprint density at radius 1 is 1.23 bits per heavy atom. The summed E-state index contributed by atoms with van der Waals surface area (Å²) < 4.78 is 5.58. The van der Waals surface area contributed by atoms with E-state index in [9.17, 15) is 9.59 Å². The normalized spacial score (nSPS) is 17.8. The molecular weight excluding hydrogens is 282 g/mol. The van der Waals surface area contributed by atoms with E-state index in [0.29, 0.717) is 6.54 Å². The van der Waals surface area contributed by atoms with Crippen molar-refractivity contribution in [3.63, 3.8) is 0 Å². The van der Waals surface area contributed by atoms with Gasteiger partial charge in [0, 0.05) is 39.6 Å². The topological polar surface area (TPSA) is 70.7 Å². The Bertz CT molecular complexity index is 360. The molecule has 6 nitrogen and oxygen atoms in total. The lowest BCUT2D eigenvalue weighted by atomic mass is 10.1. The van der Waals surface area contributed by atoms with Gasteiger partial charge in [-0.15, -0.1) is 0 Å². The van der Waals surface area contributed by atoms with Gasteiger partial charge in [-0.05, 0) is 40.0 Å². The van der Waals surface area contributed by atoms with E-state index >= 15 is 0 Å². The minimum absolute atomic E-state index is 0.00852. The molecule has 0 radical (unpaired) electrons. The summed E-state index contributed by atoms with van der Waals surface area (Å²) in [6.45, 7) is 11.4. The van der Waals surface area contributed by atoms with Crippen molar-refractivity contribution >= 4 is 11.9 Å². The van der Waals surface area contributed by atoms with Gasteiger partial charge in [-0.2, -0.15) is 0 Å². The van der Waals surface area contributed by atoms with Crippen LogP contribution in [0.4, 0.5) is 0 Å². The number of hydrogen-bond donors (Lipinski definition) is 2. The molecule has 0 bridgehead atoms. The van der Waals surface area contributed by atoms with Crippen LogP contribution in [0.15, 0.2) is 0 Å². The van der Waals surface area contributed by atoms with Gasteiger partial charge in [-0.25, -0.2) is 0 Å². The highest BCUT2D eigenvalue weighted by atomic mass is 16.6. The number of piperazine rings is 1. The zero-order valence-electron chi connectivity index (χ0n) is 14.4. The van der Waals surface area contributed by atoms with E-state index in [1.165, 1.54) is 6.92 Å². The molecule has 1 atom stereocenters. The van der Waals surface area contributed by atoms with E-state index in [-0.39, 0.29) is 17.9 Å². The van der Waals surface area contributed by atoms with Crippen LogP contribution in [-0.4, -0.2) is 61.1 Å². The Labute approximate surface area is 134 Å². The summed E-state index contributed by atoms with van der Waals surface area (Å²) in [5.41, 5.74) is -0.459. The van der Waals surface area contributed by atoms with Crippen molar-refractivity contribution < 1.29 is 14.3 Å². The number of unbranched alkanes of at least 4 members (excludes halogenated alkanes) is 1. The summed E-state index contributed by atoms with van der Waals surface area (Å²) in [7, 11) is 0. The molecule has 1 aliphatic heterocycles. The number of rotatable bonds is 7. The third kappa shape index (κ3) is 7.75. The number of amides is 1. The highest BCUT2D eigenvalue weighted by molar-refractivity contribution is 5.76. The maximum atomic E-state index is 12.5. The monoisotopic (exact) mass is 313 g/mol. The molecule has 0 aliphatic carbocycles. The molecule has 2 N–H and O–H groups in total. The molecule has 6 heteroatoms. The van der Waals surface area contributed by atoms with E-state index in [0.717, 1.165) is 45.4 Å². The minimum Gasteiger partial charge on any atom is -0.459 e. The third-order valence-corrected chi connectivity index (χ3v) is 3.55. The maximum absolute atomic E-state index is 12.5. The zero-order chi connectivity index (χ0) is 16.6. The molecule has 0 aromatic rings. The number of ether oxygens (including phenoxy) is 1. The Kier molecular flexibility index (Phi) is 7.82. The first-order chi connectivity index (χ1) is 10.3. The van der Waals surface area contributed by atoms with Crippen molar-refractivity contribution in [2.75, 3.05) is 32.7 Å². The van der Waals surface area contributed by atoms with Gasteiger partial charge in [0.15, 0.2) is 0 Å². The van der Waals surface area contributed by atoms with E-state index in [4.69, 9.17) is 4.74 Å². The summed E-state index contributed by atoms with van der Waals surface area (Å²) in [4.78, 5) is 25.5. The van der Waals surface area contributed by atoms with Crippen LogP contribution < -0.4 is 10.6 Å². The third-order valence-electron chi connectivity index (χ3n) is 3.55. The Morgan fingerprint density at radius 3 is 2.41 bits per heavy atom.